The van der Waals surface area contributed by atoms with E-state index in [1.165, 1.54) is 7.11 Å². The summed E-state index contributed by atoms with van der Waals surface area (Å²) in [7, 11) is 1.52. The Morgan fingerprint density at radius 2 is 2.14 bits per heavy atom. The number of nitrogens with zero attached hydrogens (tertiary/aromatic N) is 1. The summed E-state index contributed by atoms with van der Waals surface area (Å²) in [6.07, 6.45) is 0. The van der Waals surface area contributed by atoms with Gasteiger partial charge in [-0.1, -0.05) is 35.0 Å². The van der Waals surface area contributed by atoms with E-state index in [1.54, 1.807) is 12.1 Å². The van der Waals surface area contributed by atoms with E-state index in [0.29, 0.717) is 16.7 Å². The minimum absolute atomic E-state index is 0.375. The molecule has 0 N–H and O–H groups in total. The molecule has 0 fully saturated rings. The highest BCUT2D eigenvalue weighted by Gasteiger charge is 2.08. The van der Waals surface area contributed by atoms with E-state index >= 15 is 0 Å². The molecule has 1 aromatic carbocycles. The fourth-order valence-electron chi connectivity index (χ4n) is 1.15. The molecular formula is C10H8ClNO2. The Balaban J connectivity index is 2.44. The zero-order chi connectivity index (χ0) is 9.97. The lowest BCUT2D eigenvalue weighted by molar-refractivity contribution is 0.261. The second-order valence-electron chi connectivity index (χ2n) is 2.72. The second kappa shape index (κ2) is 3.72. The minimum atomic E-state index is 0.375. The van der Waals surface area contributed by atoms with Crippen LogP contribution in [0.3, 0.4) is 0 Å². The van der Waals surface area contributed by atoms with Gasteiger partial charge in [-0.15, -0.1) is 0 Å². The zero-order valence-electron chi connectivity index (χ0n) is 7.53. The molecule has 2 aromatic rings. The van der Waals surface area contributed by atoms with Crippen molar-refractivity contribution in [2.75, 3.05) is 7.11 Å². The minimum Gasteiger partial charge on any atom is -0.467 e. The molecular weight excluding hydrogens is 202 g/mol. The van der Waals surface area contributed by atoms with Crippen LogP contribution in [-0.2, 0) is 0 Å². The summed E-state index contributed by atoms with van der Waals surface area (Å²) in [6, 6.07) is 9.13. The molecule has 0 aliphatic rings. The number of aromatic nitrogens is 1. The fourth-order valence-corrected chi connectivity index (χ4v) is 1.38. The van der Waals surface area contributed by atoms with E-state index in [2.05, 4.69) is 5.16 Å². The molecule has 0 aliphatic carbocycles. The van der Waals surface area contributed by atoms with Crippen molar-refractivity contribution in [3.8, 4) is 17.2 Å². The molecule has 0 radical (unpaired) electrons. The molecule has 0 unspecified atom stereocenters. The number of benzene rings is 1. The lowest BCUT2D eigenvalue weighted by Crippen LogP contribution is -1.78. The van der Waals surface area contributed by atoms with Gasteiger partial charge in [-0.25, -0.2) is 0 Å². The normalized spacial score (nSPS) is 10.1. The number of halogens is 1. The van der Waals surface area contributed by atoms with E-state index in [4.69, 9.17) is 20.9 Å². The Hall–Kier alpha value is -1.48. The molecule has 0 spiro atoms. The van der Waals surface area contributed by atoms with Gasteiger partial charge in [0.15, 0.2) is 0 Å². The number of hydrogen-bond acceptors (Lipinski definition) is 3. The van der Waals surface area contributed by atoms with E-state index in [-0.39, 0.29) is 0 Å². The van der Waals surface area contributed by atoms with E-state index in [9.17, 15) is 0 Å². The summed E-state index contributed by atoms with van der Waals surface area (Å²) in [6.45, 7) is 0. The molecule has 0 saturated carbocycles. The third kappa shape index (κ3) is 1.59. The quantitative estimate of drug-likeness (QED) is 0.763. The first kappa shape index (κ1) is 9.09. The van der Waals surface area contributed by atoms with Crippen LogP contribution in [0.2, 0.25) is 5.02 Å². The smallest absolute Gasteiger partial charge is 0.311 e. The average Bonchev–Trinajstić information content (AvgIpc) is 2.67. The standard InChI is InChI=1S/C10H8ClNO2/c1-13-10-6-9(12-14-10)7-4-2-3-5-8(7)11/h2-6H,1H3. The van der Waals surface area contributed by atoms with Crippen LogP contribution in [0.4, 0.5) is 0 Å². The van der Waals surface area contributed by atoms with Crippen LogP contribution in [0.25, 0.3) is 11.3 Å². The van der Waals surface area contributed by atoms with Crippen molar-refractivity contribution in [3.63, 3.8) is 0 Å². The number of ether oxygens (including phenoxy) is 1. The van der Waals surface area contributed by atoms with Crippen molar-refractivity contribution in [1.29, 1.82) is 0 Å². The van der Waals surface area contributed by atoms with Gasteiger partial charge in [-0.05, 0) is 6.07 Å². The van der Waals surface area contributed by atoms with Crippen LogP contribution in [0, 0.1) is 0 Å². The molecule has 2 rings (SSSR count). The molecule has 0 saturated heterocycles. The van der Waals surface area contributed by atoms with Crippen molar-refractivity contribution in [1.82, 2.24) is 5.16 Å². The summed E-state index contributed by atoms with van der Waals surface area (Å²) >= 11 is 5.99. The largest absolute Gasteiger partial charge is 0.467 e. The second-order valence-corrected chi connectivity index (χ2v) is 3.12. The topological polar surface area (TPSA) is 35.3 Å². The molecule has 0 amide bonds. The maximum Gasteiger partial charge on any atom is 0.311 e. The Bertz CT molecular complexity index is 439. The molecule has 3 nitrogen and oxygen atoms in total. The van der Waals surface area contributed by atoms with Crippen molar-refractivity contribution in [3.05, 3.63) is 35.4 Å². The SMILES string of the molecule is COc1cc(-c2ccccc2Cl)no1. The van der Waals surface area contributed by atoms with Gasteiger partial charge in [-0.3, -0.25) is 0 Å². The summed E-state index contributed by atoms with van der Waals surface area (Å²) in [5, 5.41) is 4.48. The van der Waals surface area contributed by atoms with Crippen LogP contribution in [0.5, 0.6) is 5.95 Å². The predicted molar refractivity (Wildman–Crippen MR) is 53.5 cm³/mol. The van der Waals surface area contributed by atoms with Gasteiger partial charge in [0.1, 0.15) is 5.69 Å². The van der Waals surface area contributed by atoms with Crippen LogP contribution in [0.1, 0.15) is 0 Å². The maximum atomic E-state index is 5.99. The van der Waals surface area contributed by atoms with Gasteiger partial charge in [0, 0.05) is 5.56 Å². The molecule has 72 valence electrons. The predicted octanol–water partition coefficient (Wildman–Crippen LogP) is 3.00. The van der Waals surface area contributed by atoms with Gasteiger partial charge in [0.05, 0.1) is 18.2 Å². The molecule has 14 heavy (non-hydrogen) atoms. The highest BCUT2D eigenvalue weighted by atomic mass is 35.5. The first-order valence-corrected chi connectivity index (χ1v) is 4.44. The van der Waals surface area contributed by atoms with Crippen LogP contribution >= 0.6 is 11.6 Å². The summed E-state index contributed by atoms with van der Waals surface area (Å²) in [5.74, 6) is 0.375. The van der Waals surface area contributed by atoms with Gasteiger partial charge < -0.3 is 9.26 Å². The fraction of sp³-hybridized carbons (Fsp3) is 0.100. The van der Waals surface area contributed by atoms with Gasteiger partial charge >= 0.3 is 5.95 Å². The van der Waals surface area contributed by atoms with E-state index in [0.717, 1.165) is 5.56 Å². The zero-order valence-corrected chi connectivity index (χ0v) is 8.28. The third-order valence-electron chi connectivity index (χ3n) is 1.84. The van der Waals surface area contributed by atoms with Gasteiger partial charge in [0.25, 0.3) is 0 Å². The Kier molecular flexibility index (Phi) is 2.41. The van der Waals surface area contributed by atoms with E-state index in [1.807, 2.05) is 18.2 Å². The highest BCUT2D eigenvalue weighted by Crippen LogP contribution is 2.28. The maximum absolute atomic E-state index is 5.99. The average molecular weight is 210 g/mol. The van der Waals surface area contributed by atoms with Gasteiger partial charge in [0.2, 0.25) is 0 Å². The summed E-state index contributed by atoms with van der Waals surface area (Å²) < 4.78 is 9.78. The molecule has 1 heterocycles. The number of rotatable bonds is 2. The lowest BCUT2D eigenvalue weighted by atomic mass is 10.1. The van der Waals surface area contributed by atoms with Crippen LogP contribution in [0.15, 0.2) is 34.9 Å². The van der Waals surface area contributed by atoms with Crippen LogP contribution in [-0.4, -0.2) is 12.3 Å². The molecule has 0 bridgehead atoms. The molecule has 0 atom stereocenters. The van der Waals surface area contributed by atoms with Crippen LogP contribution < -0.4 is 4.74 Å². The van der Waals surface area contributed by atoms with Crippen molar-refractivity contribution >= 4 is 11.6 Å². The highest BCUT2D eigenvalue weighted by molar-refractivity contribution is 6.33. The van der Waals surface area contributed by atoms with E-state index < -0.39 is 0 Å². The molecule has 4 heteroatoms. The van der Waals surface area contributed by atoms with Crippen molar-refractivity contribution < 1.29 is 9.26 Å². The number of hydrogen-bond donors (Lipinski definition) is 0. The summed E-state index contributed by atoms with van der Waals surface area (Å²) in [5.41, 5.74) is 1.51. The first-order valence-electron chi connectivity index (χ1n) is 4.07. The third-order valence-corrected chi connectivity index (χ3v) is 2.17. The Labute approximate surface area is 86.2 Å². The first-order chi connectivity index (χ1) is 6.81. The Morgan fingerprint density at radius 3 is 2.79 bits per heavy atom. The monoisotopic (exact) mass is 209 g/mol. The lowest BCUT2D eigenvalue weighted by Gasteiger charge is -1.96. The van der Waals surface area contributed by atoms with Crippen molar-refractivity contribution in [2.24, 2.45) is 0 Å². The summed E-state index contributed by atoms with van der Waals surface area (Å²) in [4.78, 5) is 0. The molecule has 0 aliphatic heterocycles. The Morgan fingerprint density at radius 1 is 1.36 bits per heavy atom. The number of methoxy groups -OCH3 is 1. The van der Waals surface area contributed by atoms with Crippen molar-refractivity contribution in [2.45, 2.75) is 0 Å². The molecule has 1 aromatic heterocycles. The van der Waals surface area contributed by atoms with Gasteiger partial charge in [-0.2, -0.15) is 0 Å².